The molecule has 0 aliphatic carbocycles. The van der Waals surface area contributed by atoms with Gasteiger partial charge in [-0.05, 0) is 13.0 Å². The van der Waals surface area contributed by atoms with Gasteiger partial charge in [-0.1, -0.05) is 24.3 Å². The number of aromatic amines is 1. The van der Waals surface area contributed by atoms with Crippen LogP contribution in [0.5, 0.6) is 0 Å². The Morgan fingerprint density at radius 1 is 1.33 bits per heavy atom. The summed E-state index contributed by atoms with van der Waals surface area (Å²) in [7, 11) is 0. The van der Waals surface area contributed by atoms with Gasteiger partial charge in [0.2, 0.25) is 0 Å². The van der Waals surface area contributed by atoms with Crippen LogP contribution >= 0.6 is 0 Å². The van der Waals surface area contributed by atoms with Gasteiger partial charge in [-0.15, -0.1) is 0 Å². The molecule has 0 bridgehead atoms. The molecule has 0 aliphatic rings. The highest BCUT2D eigenvalue weighted by Gasteiger charge is 1.98. The highest BCUT2D eigenvalue weighted by atomic mass is 14.9. The average Bonchev–Trinajstić information content (AvgIpc) is 2.54. The third-order valence-electron chi connectivity index (χ3n) is 1.72. The molecule has 2 aromatic rings. The standard InChI is InChI=1S/C10H9N2/c1-8-11-7-10(12-8)9-5-3-2-4-6-9/h3-7H,1H3,(H,11,12). The number of H-pyrrole nitrogens is 1. The van der Waals surface area contributed by atoms with E-state index >= 15 is 0 Å². The molecule has 0 unspecified atom stereocenters. The van der Waals surface area contributed by atoms with Gasteiger partial charge in [0.15, 0.2) is 0 Å². The molecule has 2 heteroatoms. The van der Waals surface area contributed by atoms with Crippen LogP contribution < -0.4 is 0 Å². The monoisotopic (exact) mass is 157 g/mol. The number of rotatable bonds is 1. The van der Waals surface area contributed by atoms with Crippen molar-refractivity contribution in [1.82, 2.24) is 9.97 Å². The molecule has 12 heavy (non-hydrogen) atoms. The maximum atomic E-state index is 4.31. The number of hydrogen-bond donors (Lipinski definition) is 1. The lowest BCUT2D eigenvalue weighted by Crippen LogP contribution is -1.76. The number of nitrogens with zero attached hydrogens (tertiary/aromatic N) is 1. The van der Waals surface area contributed by atoms with Crippen molar-refractivity contribution in [1.29, 1.82) is 0 Å². The van der Waals surface area contributed by atoms with E-state index in [1.807, 2.05) is 37.4 Å². The summed E-state index contributed by atoms with van der Waals surface area (Å²) >= 11 is 0. The second kappa shape index (κ2) is 2.81. The van der Waals surface area contributed by atoms with Crippen molar-refractivity contribution >= 4 is 0 Å². The van der Waals surface area contributed by atoms with E-state index in [0.29, 0.717) is 0 Å². The number of hydrogen-bond acceptors (Lipinski definition) is 1. The largest absolute Gasteiger partial charge is 0.348 e. The van der Waals surface area contributed by atoms with Crippen molar-refractivity contribution in [2.75, 3.05) is 0 Å². The van der Waals surface area contributed by atoms with Gasteiger partial charge in [-0.3, -0.25) is 0 Å². The predicted octanol–water partition coefficient (Wildman–Crippen LogP) is 2.19. The molecule has 1 radical (unpaired) electrons. The van der Waals surface area contributed by atoms with Crippen LogP contribution in [-0.2, 0) is 0 Å². The summed E-state index contributed by atoms with van der Waals surface area (Å²) in [5.41, 5.74) is 2.11. The SMILES string of the molecule is Cc1nc(-c2cc[c]cc2)c[nH]1. The van der Waals surface area contributed by atoms with Crippen LogP contribution in [0, 0.1) is 13.0 Å². The molecule has 0 amide bonds. The number of benzene rings is 1. The minimum atomic E-state index is 0.942. The summed E-state index contributed by atoms with van der Waals surface area (Å²) in [4.78, 5) is 7.36. The minimum absolute atomic E-state index is 0.942. The predicted molar refractivity (Wildman–Crippen MR) is 47.6 cm³/mol. The van der Waals surface area contributed by atoms with Crippen LogP contribution in [0.25, 0.3) is 11.3 Å². The number of nitrogens with one attached hydrogen (secondary N) is 1. The van der Waals surface area contributed by atoms with Crippen LogP contribution in [0.15, 0.2) is 30.5 Å². The lowest BCUT2D eigenvalue weighted by molar-refractivity contribution is 1.15. The van der Waals surface area contributed by atoms with Gasteiger partial charge in [-0.25, -0.2) is 4.98 Å². The van der Waals surface area contributed by atoms with Crippen LogP contribution in [0.1, 0.15) is 5.82 Å². The van der Waals surface area contributed by atoms with Gasteiger partial charge in [0.1, 0.15) is 5.82 Å². The fourth-order valence-corrected chi connectivity index (χ4v) is 1.12. The Hall–Kier alpha value is -1.57. The van der Waals surface area contributed by atoms with E-state index < -0.39 is 0 Å². The summed E-state index contributed by atoms with van der Waals surface area (Å²) in [6, 6.07) is 10.7. The molecule has 0 saturated heterocycles. The molecule has 2 nitrogen and oxygen atoms in total. The van der Waals surface area contributed by atoms with E-state index in [9.17, 15) is 0 Å². The Labute approximate surface area is 71.3 Å². The molecular weight excluding hydrogens is 148 g/mol. The quantitative estimate of drug-likeness (QED) is 0.675. The summed E-state index contributed by atoms with van der Waals surface area (Å²) in [6.45, 7) is 1.94. The number of imidazole rings is 1. The van der Waals surface area contributed by atoms with Crippen LogP contribution in [0.3, 0.4) is 0 Å². The summed E-state index contributed by atoms with van der Waals surface area (Å²) in [5.74, 6) is 0.942. The average molecular weight is 157 g/mol. The van der Waals surface area contributed by atoms with Gasteiger partial charge in [0, 0.05) is 11.8 Å². The topological polar surface area (TPSA) is 28.7 Å². The Morgan fingerprint density at radius 2 is 2.08 bits per heavy atom. The smallest absolute Gasteiger partial charge is 0.103 e. The van der Waals surface area contributed by atoms with Gasteiger partial charge in [-0.2, -0.15) is 0 Å². The maximum absolute atomic E-state index is 4.31. The number of aromatic nitrogens is 2. The van der Waals surface area contributed by atoms with Gasteiger partial charge >= 0.3 is 0 Å². The zero-order valence-electron chi connectivity index (χ0n) is 6.83. The van der Waals surface area contributed by atoms with Crippen LogP contribution in [-0.4, -0.2) is 9.97 Å². The van der Waals surface area contributed by atoms with Crippen molar-refractivity contribution in [3.05, 3.63) is 42.4 Å². The van der Waals surface area contributed by atoms with Crippen molar-refractivity contribution in [3.8, 4) is 11.3 Å². The Morgan fingerprint density at radius 3 is 2.67 bits per heavy atom. The van der Waals surface area contributed by atoms with Crippen molar-refractivity contribution < 1.29 is 0 Å². The molecule has 1 aromatic heterocycles. The minimum Gasteiger partial charge on any atom is -0.348 e. The van der Waals surface area contributed by atoms with Gasteiger partial charge in [0.25, 0.3) is 0 Å². The lowest BCUT2D eigenvalue weighted by atomic mass is 10.2. The number of aryl methyl sites for hydroxylation is 1. The molecule has 0 spiro atoms. The van der Waals surface area contributed by atoms with E-state index in [4.69, 9.17) is 0 Å². The van der Waals surface area contributed by atoms with E-state index in [0.717, 1.165) is 17.1 Å². The first-order valence-electron chi connectivity index (χ1n) is 3.85. The van der Waals surface area contributed by atoms with Crippen molar-refractivity contribution in [3.63, 3.8) is 0 Å². The van der Waals surface area contributed by atoms with E-state index in [-0.39, 0.29) is 0 Å². The summed E-state index contributed by atoms with van der Waals surface area (Å²) in [5, 5.41) is 0. The van der Waals surface area contributed by atoms with E-state index in [1.165, 1.54) is 0 Å². The highest BCUT2D eigenvalue weighted by Crippen LogP contribution is 2.14. The molecule has 1 N–H and O–H groups in total. The zero-order valence-corrected chi connectivity index (χ0v) is 6.83. The summed E-state index contributed by atoms with van der Waals surface area (Å²) < 4.78 is 0. The van der Waals surface area contributed by atoms with Crippen LogP contribution in [0.4, 0.5) is 0 Å². The van der Waals surface area contributed by atoms with E-state index in [2.05, 4.69) is 16.0 Å². The second-order valence-corrected chi connectivity index (χ2v) is 2.66. The molecule has 0 saturated carbocycles. The van der Waals surface area contributed by atoms with Crippen LogP contribution in [0.2, 0.25) is 0 Å². The molecule has 1 aromatic carbocycles. The molecular formula is C10H9N2. The first-order chi connectivity index (χ1) is 5.86. The third-order valence-corrected chi connectivity index (χ3v) is 1.72. The van der Waals surface area contributed by atoms with Gasteiger partial charge < -0.3 is 4.98 Å². The van der Waals surface area contributed by atoms with Crippen molar-refractivity contribution in [2.45, 2.75) is 6.92 Å². The fraction of sp³-hybridized carbons (Fsp3) is 0.100. The van der Waals surface area contributed by atoms with Crippen molar-refractivity contribution in [2.24, 2.45) is 0 Å². The first-order valence-corrected chi connectivity index (χ1v) is 3.85. The zero-order chi connectivity index (χ0) is 8.39. The molecule has 59 valence electrons. The first kappa shape index (κ1) is 7.10. The maximum Gasteiger partial charge on any atom is 0.103 e. The second-order valence-electron chi connectivity index (χ2n) is 2.66. The van der Waals surface area contributed by atoms with Gasteiger partial charge in [0.05, 0.1) is 5.69 Å². The Bertz CT molecular complexity index is 362. The Kier molecular flexibility index (Phi) is 1.67. The van der Waals surface area contributed by atoms with E-state index in [1.54, 1.807) is 0 Å². The highest BCUT2D eigenvalue weighted by molar-refractivity contribution is 5.57. The fourth-order valence-electron chi connectivity index (χ4n) is 1.12. The lowest BCUT2D eigenvalue weighted by Gasteiger charge is -1.92. The third kappa shape index (κ3) is 1.23. The molecule has 1 heterocycles. The molecule has 0 atom stereocenters. The normalized spacial score (nSPS) is 10.1. The molecule has 0 aliphatic heterocycles. The summed E-state index contributed by atoms with van der Waals surface area (Å²) in [6.07, 6.45) is 1.91. The molecule has 0 fully saturated rings. The molecule has 2 rings (SSSR count). The Balaban J connectivity index is 2.45.